The molecule has 0 fully saturated rings. The Labute approximate surface area is 158 Å². The number of carbonyl (C=O) groups excluding carboxylic acids is 2. The number of ether oxygens (including phenoxy) is 1. The smallest absolute Gasteiger partial charge is 0.294 e. The number of hydrogen-bond donors (Lipinski definition) is 1. The second-order valence-corrected chi connectivity index (χ2v) is 6.70. The quantitative estimate of drug-likeness (QED) is 0.833. The first-order chi connectivity index (χ1) is 13.0. The van der Waals surface area contributed by atoms with Gasteiger partial charge in [-0.05, 0) is 36.8 Å². The van der Waals surface area contributed by atoms with Crippen LogP contribution >= 0.6 is 0 Å². The summed E-state index contributed by atoms with van der Waals surface area (Å²) in [5, 5.41) is 10.5. The zero-order valence-electron chi connectivity index (χ0n) is 15.7. The van der Waals surface area contributed by atoms with Crippen LogP contribution < -0.4 is 9.64 Å². The normalized spacial score (nSPS) is 17.0. The van der Waals surface area contributed by atoms with Crippen molar-refractivity contribution in [3.05, 3.63) is 71.5 Å². The summed E-state index contributed by atoms with van der Waals surface area (Å²) in [7, 11) is 0. The predicted octanol–water partition coefficient (Wildman–Crippen LogP) is 4.21. The lowest BCUT2D eigenvalue weighted by atomic mass is 9.91. The highest BCUT2D eigenvalue weighted by Crippen LogP contribution is 2.42. The Bertz CT molecular complexity index is 869. The van der Waals surface area contributed by atoms with Crippen molar-refractivity contribution in [3.63, 3.8) is 0 Å². The molecule has 1 unspecified atom stereocenters. The standard InChI is InChI=1S/C22H23NO4/c1-4-27-17-12-10-16(11-13-17)23-19(15-8-6-5-7-9-15)18(20(24)14(2)3)21(25)22(23)26/h5-14,19,25H,4H2,1-3H3. The molecular weight excluding hydrogens is 342 g/mol. The fourth-order valence-corrected chi connectivity index (χ4v) is 3.25. The van der Waals surface area contributed by atoms with Crippen LogP contribution in [0.1, 0.15) is 32.4 Å². The van der Waals surface area contributed by atoms with E-state index in [2.05, 4.69) is 0 Å². The summed E-state index contributed by atoms with van der Waals surface area (Å²) in [6, 6.07) is 15.7. The predicted molar refractivity (Wildman–Crippen MR) is 104 cm³/mol. The van der Waals surface area contributed by atoms with Crippen molar-refractivity contribution in [3.8, 4) is 5.75 Å². The van der Waals surface area contributed by atoms with Crippen molar-refractivity contribution < 1.29 is 19.4 Å². The highest BCUT2D eigenvalue weighted by Gasteiger charge is 2.44. The van der Waals surface area contributed by atoms with Gasteiger partial charge in [-0.1, -0.05) is 44.2 Å². The Hall–Kier alpha value is -3.08. The van der Waals surface area contributed by atoms with Crippen LogP contribution in [0.25, 0.3) is 0 Å². The van der Waals surface area contributed by atoms with Gasteiger partial charge in [0.2, 0.25) is 0 Å². The third-order valence-corrected chi connectivity index (χ3v) is 4.54. The second-order valence-electron chi connectivity index (χ2n) is 6.70. The molecule has 0 aliphatic carbocycles. The minimum absolute atomic E-state index is 0.148. The van der Waals surface area contributed by atoms with E-state index in [1.165, 1.54) is 4.90 Å². The maximum absolute atomic E-state index is 12.9. The maximum Gasteiger partial charge on any atom is 0.294 e. The number of aliphatic hydroxyl groups is 1. The molecule has 1 heterocycles. The first kappa shape index (κ1) is 18.7. The molecule has 0 radical (unpaired) electrons. The lowest BCUT2D eigenvalue weighted by Gasteiger charge is -2.27. The van der Waals surface area contributed by atoms with Gasteiger partial charge in [0, 0.05) is 11.6 Å². The number of benzene rings is 2. The first-order valence-corrected chi connectivity index (χ1v) is 9.04. The molecule has 2 aromatic carbocycles. The number of amides is 1. The molecule has 0 saturated heterocycles. The fourth-order valence-electron chi connectivity index (χ4n) is 3.25. The van der Waals surface area contributed by atoms with Gasteiger partial charge < -0.3 is 9.84 Å². The van der Waals surface area contributed by atoms with Gasteiger partial charge in [-0.2, -0.15) is 0 Å². The number of ketones is 1. The lowest BCUT2D eigenvalue weighted by Crippen LogP contribution is -2.31. The minimum Gasteiger partial charge on any atom is -0.503 e. The van der Waals surface area contributed by atoms with Gasteiger partial charge in [0.05, 0.1) is 18.2 Å². The van der Waals surface area contributed by atoms with Crippen molar-refractivity contribution in [1.29, 1.82) is 0 Å². The molecule has 0 saturated carbocycles. The monoisotopic (exact) mass is 365 g/mol. The Kier molecular flexibility index (Phi) is 5.31. The van der Waals surface area contributed by atoms with E-state index in [4.69, 9.17) is 4.74 Å². The summed E-state index contributed by atoms with van der Waals surface area (Å²) in [4.78, 5) is 27.1. The molecule has 0 aromatic heterocycles. The van der Waals surface area contributed by atoms with Crippen LogP contribution in [0.15, 0.2) is 65.9 Å². The van der Waals surface area contributed by atoms with Crippen LogP contribution in [0.4, 0.5) is 5.69 Å². The van der Waals surface area contributed by atoms with Gasteiger partial charge in [0.25, 0.3) is 5.91 Å². The molecule has 3 rings (SSSR count). The third kappa shape index (κ3) is 3.45. The summed E-state index contributed by atoms with van der Waals surface area (Å²) < 4.78 is 5.46. The molecule has 0 bridgehead atoms. The number of Topliss-reactive ketones (excluding diaryl/α,β-unsaturated/α-hetero) is 1. The molecule has 1 aliphatic heterocycles. The van der Waals surface area contributed by atoms with E-state index in [0.29, 0.717) is 18.0 Å². The highest BCUT2D eigenvalue weighted by atomic mass is 16.5. The molecular formula is C22H23NO4. The number of hydrogen-bond acceptors (Lipinski definition) is 4. The van der Waals surface area contributed by atoms with Gasteiger partial charge in [-0.15, -0.1) is 0 Å². The SMILES string of the molecule is CCOc1ccc(N2C(=O)C(O)=C(C(=O)C(C)C)C2c2ccccc2)cc1. The summed E-state index contributed by atoms with van der Waals surface area (Å²) in [6.45, 7) is 5.96. The molecule has 27 heavy (non-hydrogen) atoms. The van der Waals surface area contributed by atoms with Crippen molar-refractivity contribution in [2.75, 3.05) is 11.5 Å². The number of anilines is 1. The molecule has 1 amide bonds. The van der Waals surface area contributed by atoms with Gasteiger partial charge in [-0.3, -0.25) is 14.5 Å². The Balaban J connectivity index is 2.10. The number of nitrogens with zero attached hydrogens (tertiary/aromatic N) is 1. The van der Waals surface area contributed by atoms with E-state index < -0.39 is 17.7 Å². The van der Waals surface area contributed by atoms with Crippen molar-refractivity contribution in [2.45, 2.75) is 26.8 Å². The van der Waals surface area contributed by atoms with Gasteiger partial charge >= 0.3 is 0 Å². The molecule has 140 valence electrons. The van der Waals surface area contributed by atoms with Crippen LogP contribution in [0.5, 0.6) is 5.75 Å². The third-order valence-electron chi connectivity index (χ3n) is 4.54. The summed E-state index contributed by atoms with van der Waals surface area (Å²) >= 11 is 0. The molecule has 5 nitrogen and oxygen atoms in total. The van der Waals surface area contributed by atoms with Crippen molar-refractivity contribution in [2.24, 2.45) is 5.92 Å². The first-order valence-electron chi connectivity index (χ1n) is 9.04. The second kappa shape index (κ2) is 7.66. The van der Waals surface area contributed by atoms with E-state index in [1.54, 1.807) is 38.1 Å². The summed E-state index contributed by atoms with van der Waals surface area (Å²) in [5.41, 5.74) is 1.51. The fraction of sp³-hybridized carbons (Fsp3) is 0.273. The molecule has 5 heteroatoms. The zero-order chi connectivity index (χ0) is 19.6. The number of rotatable bonds is 6. The molecule has 0 spiro atoms. The van der Waals surface area contributed by atoms with Crippen molar-refractivity contribution >= 4 is 17.4 Å². The average molecular weight is 365 g/mol. The molecule has 1 atom stereocenters. The van der Waals surface area contributed by atoms with E-state index >= 15 is 0 Å². The zero-order valence-corrected chi connectivity index (χ0v) is 15.7. The molecule has 2 aromatic rings. The van der Waals surface area contributed by atoms with E-state index in [9.17, 15) is 14.7 Å². The summed E-state index contributed by atoms with van der Waals surface area (Å²) in [6.07, 6.45) is 0. The molecule has 1 N–H and O–H groups in total. The van der Waals surface area contributed by atoms with Gasteiger partial charge in [0.15, 0.2) is 11.5 Å². The number of aliphatic hydroxyl groups excluding tert-OH is 1. The Morgan fingerprint density at radius 3 is 2.30 bits per heavy atom. The molecule has 1 aliphatic rings. The minimum atomic E-state index is -0.661. The van der Waals surface area contributed by atoms with Gasteiger partial charge in [0.1, 0.15) is 5.75 Å². The topological polar surface area (TPSA) is 66.8 Å². The largest absolute Gasteiger partial charge is 0.503 e. The van der Waals surface area contributed by atoms with Crippen LogP contribution in [0.3, 0.4) is 0 Å². The van der Waals surface area contributed by atoms with E-state index in [-0.39, 0.29) is 17.3 Å². The van der Waals surface area contributed by atoms with E-state index in [1.807, 2.05) is 37.3 Å². The van der Waals surface area contributed by atoms with Crippen LogP contribution in [0, 0.1) is 5.92 Å². The Morgan fingerprint density at radius 1 is 1.11 bits per heavy atom. The lowest BCUT2D eigenvalue weighted by molar-refractivity contribution is -0.119. The van der Waals surface area contributed by atoms with Crippen LogP contribution in [-0.4, -0.2) is 23.4 Å². The van der Waals surface area contributed by atoms with E-state index in [0.717, 1.165) is 5.56 Å². The summed E-state index contributed by atoms with van der Waals surface area (Å²) in [5.74, 6) is -0.919. The van der Waals surface area contributed by atoms with Gasteiger partial charge in [-0.25, -0.2) is 0 Å². The average Bonchev–Trinajstić information content (AvgIpc) is 2.94. The van der Waals surface area contributed by atoms with Crippen LogP contribution in [0.2, 0.25) is 0 Å². The van der Waals surface area contributed by atoms with Crippen LogP contribution in [-0.2, 0) is 9.59 Å². The highest BCUT2D eigenvalue weighted by molar-refractivity contribution is 6.16. The van der Waals surface area contributed by atoms with Crippen molar-refractivity contribution in [1.82, 2.24) is 0 Å². The Morgan fingerprint density at radius 2 is 1.74 bits per heavy atom. The maximum atomic E-state index is 12.9. The number of carbonyl (C=O) groups is 2.